The minimum Gasteiger partial charge on any atom is -0.438 e. The van der Waals surface area contributed by atoms with Crippen molar-refractivity contribution in [3.63, 3.8) is 0 Å². The molecule has 0 spiro atoms. The summed E-state index contributed by atoms with van der Waals surface area (Å²) in [5.41, 5.74) is -0.942. The van der Waals surface area contributed by atoms with Crippen LogP contribution in [0.15, 0.2) is 11.6 Å². The smallest absolute Gasteiger partial charge is 0.413 e. The molecule has 0 aromatic carbocycles. The van der Waals surface area contributed by atoms with E-state index in [1.165, 1.54) is 5.57 Å². The summed E-state index contributed by atoms with van der Waals surface area (Å²) in [6, 6.07) is -0.0252. The maximum atomic E-state index is 12.7. The molecular formula is C20H37N2O3+. The van der Waals surface area contributed by atoms with Crippen LogP contribution in [0.3, 0.4) is 0 Å². The molecule has 0 aromatic rings. The monoisotopic (exact) mass is 353 g/mol. The van der Waals surface area contributed by atoms with E-state index in [4.69, 9.17) is 4.74 Å². The fourth-order valence-corrected chi connectivity index (χ4v) is 4.84. The van der Waals surface area contributed by atoms with Crippen molar-refractivity contribution in [2.24, 2.45) is 0 Å². The minimum absolute atomic E-state index is 0.0177. The summed E-state index contributed by atoms with van der Waals surface area (Å²) in [6.07, 6.45) is 4.81. The number of cyclic esters (lactones) is 1. The first kappa shape index (κ1) is 20.2. The van der Waals surface area contributed by atoms with Gasteiger partial charge in [0.2, 0.25) is 0 Å². The first-order valence-electron chi connectivity index (χ1n) is 9.44. The number of quaternary nitrogens is 1. The van der Waals surface area contributed by atoms with Gasteiger partial charge in [0.15, 0.2) is 11.3 Å². The lowest BCUT2D eigenvalue weighted by Gasteiger charge is -2.48. The molecule has 0 bridgehead atoms. The number of hydrogen-bond donors (Lipinski definition) is 2. The van der Waals surface area contributed by atoms with Crippen LogP contribution in [0, 0.1) is 0 Å². The number of piperidine rings is 1. The molecule has 2 fully saturated rings. The Bertz CT molecular complexity index is 545. The van der Waals surface area contributed by atoms with E-state index in [0.717, 1.165) is 19.3 Å². The second-order valence-electron chi connectivity index (χ2n) is 9.99. The third-order valence-electron chi connectivity index (χ3n) is 5.82. The quantitative estimate of drug-likeness (QED) is 0.764. The van der Waals surface area contributed by atoms with Gasteiger partial charge in [0.1, 0.15) is 0 Å². The lowest BCUT2D eigenvalue weighted by Crippen LogP contribution is -3.06. The molecule has 1 amide bonds. The summed E-state index contributed by atoms with van der Waals surface area (Å²) < 4.78 is 5.75. The number of nitrogens with two attached hydrogens (primary N) is 1. The minimum atomic E-state index is -1.31. The molecular weight excluding hydrogens is 316 g/mol. The third-order valence-corrected chi connectivity index (χ3v) is 5.82. The average Bonchev–Trinajstić information content (AvgIpc) is 2.50. The Labute approximate surface area is 152 Å². The van der Waals surface area contributed by atoms with Crippen LogP contribution in [0.2, 0.25) is 0 Å². The highest BCUT2D eigenvalue weighted by molar-refractivity contribution is 5.72. The van der Waals surface area contributed by atoms with Gasteiger partial charge >= 0.3 is 6.09 Å². The van der Waals surface area contributed by atoms with Gasteiger partial charge in [-0.3, -0.25) is 4.90 Å². The maximum absolute atomic E-state index is 12.7. The highest BCUT2D eigenvalue weighted by Gasteiger charge is 2.62. The van der Waals surface area contributed by atoms with E-state index in [1.807, 2.05) is 6.92 Å². The summed E-state index contributed by atoms with van der Waals surface area (Å²) in [7, 11) is 0. The van der Waals surface area contributed by atoms with E-state index in [0.29, 0.717) is 6.42 Å². The summed E-state index contributed by atoms with van der Waals surface area (Å²) in [4.78, 5) is 14.4. The Hall–Kier alpha value is -1.07. The average molecular weight is 354 g/mol. The molecule has 2 saturated heterocycles. The van der Waals surface area contributed by atoms with Crippen LogP contribution < -0.4 is 5.32 Å². The van der Waals surface area contributed by atoms with Crippen molar-refractivity contribution in [3.05, 3.63) is 11.6 Å². The van der Waals surface area contributed by atoms with Crippen LogP contribution in [0.4, 0.5) is 4.79 Å². The fourth-order valence-electron chi connectivity index (χ4n) is 4.84. The van der Waals surface area contributed by atoms with Crippen LogP contribution >= 0.6 is 0 Å². The molecule has 0 aliphatic carbocycles. The number of aliphatic hydroxyl groups is 1. The van der Waals surface area contributed by atoms with E-state index in [2.05, 4.69) is 52.9 Å². The number of ether oxygens (including phenoxy) is 1. The number of rotatable bonds is 4. The van der Waals surface area contributed by atoms with Gasteiger partial charge in [0.25, 0.3) is 0 Å². The van der Waals surface area contributed by atoms with E-state index in [1.54, 1.807) is 11.8 Å². The third kappa shape index (κ3) is 4.03. The standard InChI is InChI=1S/C20H36N2O3/c1-14(2)10-9-11-19(7)20(8,24)22(16(23)25-19)15-12-17(3,4)21-18(5,6)13-15/h10,15,21,24H,9,11-13H2,1-8H3/p+1/t19-,20+/m0/s1. The van der Waals surface area contributed by atoms with E-state index in [9.17, 15) is 9.90 Å². The summed E-state index contributed by atoms with van der Waals surface area (Å²) in [5, 5.41) is 13.7. The van der Waals surface area contributed by atoms with Crippen LogP contribution in [0.25, 0.3) is 0 Å². The Kier molecular flexibility index (Phi) is 5.08. The largest absolute Gasteiger partial charge is 0.438 e. The van der Waals surface area contributed by atoms with Crippen molar-refractivity contribution < 1.29 is 20.0 Å². The number of allylic oxidation sites excluding steroid dienone is 2. The topological polar surface area (TPSA) is 66.4 Å². The highest BCUT2D eigenvalue weighted by atomic mass is 16.6. The van der Waals surface area contributed by atoms with Crippen molar-refractivity contribution in [1.29, 1.82) is 0 Å². The number of carbonyl (C=O) groups is 1. The van der Waals surface area contributed by atoms with Gasteiger partial charge in [-0.2, -0.15) is 0 Å². The van der Waals surface area contributed by atoms with Crippen LogP contribution in [0.5, 0.6) is 0 Å². The molecule has 5 heteroatoms. The second kappa shape index (κ2) is 6.27. The highest BCUT2D eigenvalue weighted by Crippen LogP contribution is 2.44. The molecule has 144 valence electrons. The first-order chi connectivity index (χ1) is 11.2. The molecule has 2 heterocycles. The van der Waals surface area contributed by atoms with Gasteiger partial charge in [-0.1, -0.05) is 11.6 Å². The molecule has 0 unspecified atom stereocenters. The van der Waals surface area contributed by atoms with Crippen LogP contribution in [0.1, 0.15) is 81.1 Å². The lowest BCUT2D eigenvalue weighted by atomic mass is 9.77. The van der Waals surface area contributed by atoms with E-state index in [-0.39, 0.29) is 23.2 Å². The Morgan fingerprint density at radius 3 is 2.20 bits per heavy atom. The Morgan fingerprint density at radius 2 is 1.72 bits per heavy atom. The molecule has 2 atom stereocenters. The number of hydrogen-bond acceptors (Lipinski definition) is 3. The number of nitrogens with zero attached hydrogens (tertiary/aromatic N) is 1. The summed E-state index contributed by atoms with van der Waals surface area (Å²) in [6.45, 7) is 16.5. The van der Waals surface area contributed by atoms with E-state index < -0.39 is 11.3 Å². The van der Waals surface area contributed by atoms with Crippen molar-refractivity contribution in [1.82, 2.24) is 4.90 Å². The second-order valence-corrected chi connectivity index (χ2v) is 9.99. The zero-order valence-corrected chi connectivity index (χ0v) is 17.3. The van der Waals surface area contributed by atoms with Crippen molar-refractivity contribution >= 4 is 6.09 Å². The molecule has 0 saturated carbocycles. The summed E-state index contributed by atoms with van der Waals surface area (Å²) in [5.74, 6) is 0. The van der Waals surface area contributed by atoms with Crippen molar-refractivity contribution in [2.75, 3.05) is 0 Å². The molecule has 0 radical (unpaired) electrons. The molecule has 25 heavy (non-hydrogen) atoms. The van der Waals surface area contributed by atoms with Crippen molar-refractivity contribution in [2.45, 2.75) is 110 Å². The fraction of sp³-hybridized carbons (Fsp3) is 0.850. The van der Waals surface area contributed by atoms with E-state index >= 15 is 0 Å². The lowest BCUT2D eigenvalue weighted by molar-refractivity contribution is -0.788. The molecule has 2 aliphatic heterocycles. The Balaban J connectivity index is 2.26. The maximum Gasteiger partial charge on any atom is 0.413 e. The molecule has 2 aliphatic rings. The van der Waals surface area contributed by atoms with Crippen LogP contribution in [-0.2, 0) is 4.74 Å². The van der Waals surface area contributed by atoms with Gasteiger partial charge in [-0.05, 0) is 68.2 Å². The molecule has 0 aromatic heterocycles. The Morgan fingerprint density at radius 1 is 1.20 bits per heavy atom. The van der Waals surface area contributed by atoms with Gasteiger partial charge < -0.3 is 15.2 Å². The van der Waals surface area contributed by atoms with Gasteiger partial charge in [-0.25, -0.2) is 4.79 Å². The van der Waals surface area contributed by atoms with Gasteiger partial charge in [0.05, 0.1) is 11.1 Å². The molecule has 5 nitrogen and oxygen atoms in total. The predicted molar refractivity (Wildman–Crippen MR) is 99.1 cm³/mol. The van der Waals surface area contributed by atoms with Gasteiger partial charge in [-0.15, -0.1) is 0 Å². The predicted octanol–water partition coefficient (Wildman–Crippen LogP) is 2.94. The molecule has 2 rings (SSSR count). The first-order valence-corrected chi connectivity index (χ1v) is 9.44. The van der Waals surface area contributed by atoms with Crippen molar-refractivity contribution in [3.8, 4) is 0 Å². The number of amides is 1. The molecule has 3 N–H and O–H groups in total. The van der Waals surface area contributed by atoms with Gasteiger partial charge in [0, 0.05) is 18.9 Å². The normalized spacial score (nSPS) is 34.8. The zero-order valence-electron chi connectivity index (χ0n) is 17.3. The zero-order chi connectivity index (χ0) is 19.3. The summed E-state index contributed by atoms with van der Waals surface area (Å²) >= 11 is 0. The number of carbonyl (C=O) groups excluding carboxylic acids is 1. The SMILES string of the molecule is CC(C)=CCC[C@]1(C)OC(=O)N(C2CC(C)(C)[NH2+]C(C)(C)C2)[C@]1(C)O. The van der Waals surface area contributed by atoms with Crippen LogP contribution in [-0.4, -0.2) is 44.5 Å².